The molecule has 40 heavy (non-hydrogen) atoms. The maximum absolute atomic E-state index is 12.7. The summed E-state index contributed by atoms with van der Waals surface area (Å²) in [6.07, 6.45) is 5.68. The molecule has 3 aromatic rings. The maximum Gasteiger partial charge on any atom is 0.410 e. The molecular formula is C31H39N5O4. The zero-order chi connectivity index (χ0) is 28.3. The van der Waals surface area contributed by atoms with Crippen molar-refractivity contribution in [1.82, 2.24) is 14.9 Å². The third-order valence-electron chi connectivity index (χ3n) is 7.40. The van der Waals surface area contributed by atoms with Crippen LogP contribution < -0.4 is 19.3 Å². The fourth-order valence-electron chi connectivity index (χ4n) is 5.51. The highest BCUT2D eigenvalue weighted by Crippen LogP contribution is 2.35. The van der Waals surface area contributed by atoms with Gasteiger partial charge in [0.15, 0.2) is 0 Å². The van der Waals surface area contributed by atoms with Crippen LogP contribution in [0.3, 0.4) is 0 Å². The van der Waals surface area contributed by atoms with Gasteiger partial charge in [0, 0.05) is 38.3 Å². The Morgan fingerprint density at radius 2 is 1.32 bits per heavy atom. The third-order valence-corrected chi connectivity index (χ3v) is 7.40. The second-order valence-electron chi connectivity index (χ2n) is 11.5. The molecule has 3 heterocycles. The highest BCUT2D eigenvalue weighted by molar-refractivity contribution is 5.69. The number of piperazine rings is 1. The van der Waals surface area contributed by atoms with E-state index in [-0.39, 0.29) is 18.2 Å². The van der Waals surface area contributed by atoms with Gasteiger partial charge >= 0.3 is 6.09 Å². The number of rotatable bonds is 8. The summed E-state index contributed by atoms with van der Waals surface area (Å²) >= 11 is 0. The summed E-state index contributed by atoms with van der Waals surface area (Å²) in [5.74, 6) is 2.31. The molecule has 1 aromatic heterocycles. The van der Waals surface area contributed by atoms with E-state index >= 15 is 0 Å². The summed E-state index contributed by atoms with van der Waals surface area (Å²) in [4.78, 5) is 28.8. The summed E-state index contributed by atoms with van der Waals surface area (Å²) in [5.41, 5.74) is 2.77. The summed E-state index contributed by atoms with van der Waals surface area (Å²) in [7, 11) is 3.34. The van der Waals surface area contributed by atoms with E-state index < -0.39 is 5.60 Å². The van der Waals surface area contributed by atoms with E-state index in [4.69, 9.17) is 24.2 Å². The molecule has 0 spiro atoms. The predicted octanol–water partition coefficient (Wildman–Crippen LogP) is 5.29. The third kappa shape index (κ3) is 6.41. The molecule has 2 bridgehead atoms. The number of anilines is 2. The van der Waals surface area contributed by atoms with Crippen LogP contribution in [-0.4, -0.2) is 66.0 Å². The topological polar surface area (TPSA) is 80.3 Å². The fourth-order valence-corrected chi connectivity index (χ4v) is 5.51. The Morgan fingerprint density at radius 1 is 0.850 bits per heavy atom. The van der Waals surface area contributed by atoms with Gasteiger partial charge in [0.25, 0.3) is 0 Å². The summed E-state index contributed by atoms with van der Waals surface area (Å²) < 4.78 is 16.3. The van der Waals surface area contributed by atoms with E-state index in [9.17, 15) is 4.79 Å². The van der Waals surface area contributed by atoms with Crippen molar-refractivity contribution in [2.24, 2.45) is 0 Å². The quantitative estimate of drug-likeness (QED) is 0.378. The Balaban J connectivity index is 1.33. The van der Waals surface area contributed by atoms with Crippen molar-refractivity contribution in [3.63, 3.8) is 0 Å². The van der Waals surface area contributed by atoms with Gasteiger partial charge in [0.2, 0.25) is 5.95 Å². The molecule has 2 atom stereocenters. The molecule has 1 amide bonds. The Kier molecular flexibility index (Phi) is 8.00. The van der Waals surface area contributed by atoms with Crippen LogP contribution in [0.25, 0.3) is 0 Å². The minimum atomic E-state index is -0.500. The first-order valence-electron chi connectivity index (χ1n) is 13.8. The number of carbonyl (C=O) groups excluding carboxylic acids is 1. The molecule has 9 heteroatoms. The fraction of sp³-hybridized carbons (Fsp3) is 0.452. The van der Waals surface area contributed by atoms with Crippen LogP contribution in [0.4, 0.5) is 16.4 Å². The second-order valence-corrected chi connectivity index (χ2v) is 11.5. The van der Waals surface area contributed by atoms with Gasteiger partial charge in [-0.25, -0.2) is 14.8 Å². The lowest BCUT2D eigenvalue weighted by Gasteiger charge is -2.42. The van der Waals surface area contributed by atoms with Crippen LogP contribution in [-0.2, 0) is 17.8 Å². The number of amides is 1. The summed E-state index contributed by atoms with van der Waals surface area (Å²) in [6.45, 7) is 8.30. The number of carbonyl (C=O) groups is 1. The average Bonchev–Trinajstić information content (AvgIpc) is 3.21. The molecular weight excluding hydrogens is 506 g/mol. The van der Waals surface area contributed by atoms with Gasteiger partial charge in [-0.1, -0.05) is 24.3 Å². The molecule has 9 nitrogen and oxygen atoms in total. The molecule has 5 rings (SSSR count). The lowest BCUT2D eigenvalue weighted by molar-refractivity contribution is 0.0209. The lowest BCUT2D eigenvalue weighted by Crippen LogP contribution is -2.56. The maximum atomic E-state index is 12.7. The van der Waals surface area contributed by atoms with Crippen molar-refractivity contribution >= 4 is 17.7 Å². The number of methoxy groups -OCH3 is 2. The minimum absolute atomic E-state index is 0.232. The minimum Gasteiger partial charge on any atom is -0.497 e. The molecule has 2 aliphatic rings. The number of ether oxygens (including phenoxy) is 3. The monoisotopic (exact) mass is 545 g/mol. The van der Waals surface area contributed by atoms with Crippen LogP contribution in [0.2, 0.25) is 0 Å². The molecule has 2 aromatic carbocycles. The molecule has 212 valence electrons. The number of fused-ring (bicyclic) bond motifs is 2. The van der Waals surface area contributed by atoms with Gasteiger partial charge in [0.05, 0.1) is 32.3 Å². The van der Waals surface area contributed by atoms with Crippen LogP contribution in [0, 0.1) is 0 Å². The van der Waals surface area contributed by atoms with E-state index in [0.29, 0.717) is 32.1 Å². The number of hydrogen-bond donors (Lipinski definition) is 0. The Labute approximate surface area is 236 Å². The van der Waals surface area contributed by atoms with E-state index in [0.717, 1.165) is 41.2 Å². The molecule has 2 saturated heterocycles. The van der Waals surface area contributed by atoms with Crippen LogP contribution in [0.15, 0.2) is 60.9 Å². The van der Waals surface area contributed by atoms with Gasteiger partial charge in [0.1, 0.15) is 17.1 Å². The van der Waals surface area contributed by atoms with Gasteiger partial charge in [-0.3, -0.25) is 0 Å². The van der Waals surface area contributed by atoms with E-state index in [1.165, 1.54) is 0 Å². The van der Waals surface area contributed by atoms with Crippen molar-refractivity contribution in [1.29, 1.82) is 0 Å². The van der Waals surface area contributed by atoms with Crippen molar-refractivity contribution in [2.45, 2.75) is 64.4 Å². The number of benzene rings is 2. The number of likely N-dealkylation sites (tertiary alicyclic amines) is 1. The first-order chi connectivity index (χ1) is 19.2. The lowest BCUT2D eigenvalue weighted by atomic mass is 10.1. The predicted molar refractivity (Wildman–Crippen MR) is 155 cm³/mol. The van der Waals surface area contributed by atoms with E-state index in [1.807, 2.05) is 62.3 Å². The zero-order valence-electron chi connectivity index (χ0n) is 24.0. The van der Waals surface area contributed by atoms with Gasteiger partial charge in [-0.05, 0) is 69.0 Å². The first kappa shape index (κ1) is 27.6. The van der Waals surface area contributed by atoms with Crippen LogP contribution in [0.5, 0.6) is 11.5 Å². The highest BCUT2D eigenvalue weighted by atomic mass is 16.6. The first-order valence-corrected chi connectivity index (χ1v) is 13.8. The average molecular weight is 546 g/mol. The highest BCUT2D eigenvalue weighted by Gasteiger charge is 2.42. The largest absolute Gasteiger partial charge is 0.497 e. The smallest absolute Gasteiger partial charge is 0.410 e. The number of aromatic nitrogens is 2. The molecule has 0 radical (unpaired) electrons. The molecule has 2 unspecified atom stereocenters. The summed E-state index contributed by atoms with van der Waals surface area (Å²) in [5, 5.41) is 0. The van der Waals surface area contributed by atoms with Crippen molar-refractivity contribution in [3.05, 3.63) is 72.1 Å². The van der Waals surface area contributed by atoms with Gasteiger partial charge in [-0.2, -0.15) is 0 Å². The SMILES string of the molecule is COc1ccc(CN(Cc2ccc(OC)cc2)c2ncc(N3C4CCC3CN(C(=O)OC(C)(C)C)C4)cn2)cc1. The zero-order valence-corrected chi connectivity index (χ0v) is 24.0. The molecule has 2 fully saturated rings. The van der Waals surface area contributed by atoms with Crippen LogP contribution in [0.1, 0.15) is 44.7 Å². The Bertz CT molecular complexity index is 1210. The Morgan fingerprint density at radius 3 is 1.75 bits per heavy atom. The number of nitrogens with zero attached hydrogens (tertiary/aromatic N) is 5. The van der Waals surface area contributed by atoms with Crippen molar-refractivity contribution < 1.29 is 19.0 Å². The molecule has 0 N–H and O–H groups in total. The Hall–Kier alpha value is -4.01. The van der Waals surface area contributed by atoms with Crippen LogP contribution >= 0.6 is 0 Å². The van der Waals surface area contributed by atoms with E-state index in [2.05, 4.69) is 34.1 Å². The standard InChI is InChI=1S/C31H39N5O4/c1-31(2,3)40-30(37)35-20-24-10-11-25(21-35)36(24)26-16-32-29(33-17-26)34(18-22-6-12-27(38-4)13-7-22)19-23-8-14-28(39-5)15-9-23/h6-9,12-17,24-25H,10-11,18-21H2,1-5H3. The molecule has 2 aliphatic heterocycles. The van der Waals surface area contributed by atoms with Gasteiger partial charge < -0.3 is 28.9 Å². The van der Waals surface area contributed by atoms with Crippen molar-refractivity contribution in [2.75, 3.05) is 37.1 Å². The van der Waals surface area contributed by atoms with E-state index in [1.54, 1.807) is 14.2 Å². The summed E-state index contributed by atoms with van der Waals surface area (Å²) in [6, 6.07) is 16.6. The normalized spacial score (nSPS) is 18.4. The molecule has 0 aliphatic carbocycles. The second kappa shape index (κ2) is 11.6. The van der Waals surface area contributed by atoms with Gasteiger partial charge in [-0.15, -0.1) is 0 Å². The van der Waals surface area contributed by atoms with Crippen molar-refractivity contribution in [3.8, 4) is 11.5 Å². The number of hydrogen-bond acceptors (Lipinski definition) is 8. The molecule has 0 saturated carbocycles.